The molecule has 0 atom stereocenters. The number of thiazole rings is 1. The minimum absolute atomic E-state index is 0.150. The van der Waals surface area contributed by atoms with Crippen LogP contribution in [0.2, 0.25) is 0 Å². The molecule has 0 bridgehead atoms. The molecule has 0 aliphatic carbocycles. The molecule has 1 N–H and O–H groups in total. The Hall–Kier alpha value is -2.70. The van der Waals surface area contributed by atoms with E-state index in [1.54, 1.807) is 12.1 Å². The van der Waals surface area contributed by atoms with E-state index in [4.69, 9.17) is 4.74 Å². The van der Waals surface area contributed by atoms with Crippen LogP contribution in [0.15, 0.2) is 53.9 Å². The van der Waals surface area contributed by atoms with Crippen molar-refractivity contribution in [1.29, 1.82) is 0 Å². The predicted molar refractivity (Wildman–Crippen MR) is 121 cm³/mol. The highest BCUT2D eigenvalue weighted by molar-refractivity contribution is 7.13. The zero-order valence-corrected chi connectivity index (χ0v) is 18.1. The molecule has 2 heterocycles. The Morgan fingerprint density at radius 2 is 1.97 bits per heavy atom. The summed E-state index contributed by atoms with van der Waals surface area (Å²) in [5.41, 5.74) is 4.44. The summed E-state index contributed by atoms with van der Waals surface area (Å²) in [5.74, 6) is 0.641. The normalized spacial score (nSPS) is 13.6. The molecule has 0 saturated carbocycles. The van der Waals surface area contributed by atoms with Crippen LogP contribution < -0.4 is 10.1 Å². The van der Waals surface area contributed by atoms with Crippen molar-refractivity contribution in [3.05, 3.63) is 76.3 Å². The van der Waals surface area contributed by atoms with Crippen LogP contribution in [-0.2, 0) is 19.5 Å². The zero-order chi connectivity index (χ0) is 20.8. The number of nitrogens with zero attached hydrogens (tertiary/aromatic N) is 2. The van der Waals surface area contributed by atoms with E-state index in [-0.39, 0.29) is 5.91 Å². The number of hydrogen-bond acceptors (Lipinski definition) is 5. The van der Waals surface area contributed by atoms with Crippen molar-refractivity contribution in [1.82, 2.24) is 9.88 Å². The van der Waals surface area contributed by atoms with Gasteiger partial charge in [0.05, 0.1) is 12.3 Å². The summed E-state index contributed by atoms with van der Waals surface area (Å²) in [6, 6.07) is 15.9. The smallest absolute Gasteiger partial charge is 0.257 e. The average Bonchev–Trinajstić information content (AvgIpc) is 3.21. The summed E-state index contributed by atoms with van der Waals surface area (Å²) in [6.45, 7) is 5.61. The van der Waals surface area contributed by atoms with E-state index in [0.29, 0.717) is 17.3 Å². The number of rotatable bonds is 8. The van der Waals surface area contributed by atoms with Crippen molar-refractivity contribution in [2.75, 3.05) is 18.5 Å². The highest BCUT2D eigenvalue weighted by atomic mass is 32.1. The van der Waals surface area contributed by atoms with Crippen LogP contribution in [0.1, 0.15) is 46.9 Å². The fourth-order valence-corrected chi connectivity index (χ4v) is 4.26. The molecule has 5 nitrogen and oxygen atoms in total. The Balaban J connectivity index is 1.30. The number of benzene rings is 2. The van der Waals surface area contributed by atoms with E-state index < -0.39 is 0 Å². The fraction of sp³-hybridized carbons (Fsp3) is 0.333. The van der Waals surface area contributed by atoms with Gasteiger partial charge in [-0.15, -0.1) is 11.3 Å². The Morgan fingerprint density at radius 3 is 2.77 bits per heavy atom. The van der Waals surface area contributed by atoms with Gasteiger partial charge in [-0.05, 0) is 48.2 Å². The Morgan fingerprint density at radius 1 is 1.17 bits per heavy atom. The van der Waals surface area contributed by atoms with E-state index in [2.05, 4.69) is 46.4 Å². The minimum Gasteiger partial charge on any atom is -0.494 e. The highest BCUT2D eigenvalue weighted by Gasteiger charge is 2.17. The quantitative estimate of drug-likeness (QED) is 0.512. The van der Waals surface area contributed by atoms with Crippen LogP contribution in [0.4, 0.5) is 5.13 Å². The van der Waals surface area contributed by atoms with Crippen LogP contribution in [0, 0.1) is 0 Å². The molecule has 6 heteroatoms. The summed E-state index contributed by atoms with van der Waals surface area (Å²) >= 11 is 1.47. The molecule has 1 aromatic heterocycles. The molecule has 30 heavy (non-hydrogen) atoms. The lowest BCUT2D eigenvalue weighted by Gasteiger charge is -2.27. The van der Waals surface area contributed by atoms with Crippen LogP contribution in [-0.4, -0.2) is 28.9 Å². The molecule has 0 spiro atoms. The number of carbonyl (C=O) groups excluding carboxylic acids is 1. The maximum atomic E-state index is 12.5. The summed E-state index contributed by atoms with van der Waals surface area (Å²) < 4.78 is 5.65. The van der Waals surface area contributed by atoms with Crippen LogP contribution in [0.3, 0.4) is 0 Å². The van der Waals surface area contributed by atoms with Crippen molar-refractivity contribution in [3.63, 3.8) is 0 Å². The van der Waals surface area contributed by atoms with Crippen molar-refractivity contribution < 1.29 is 9.53 Å². The molecule has 156 valence electrons. The Kier molecular flexibility index (Phi) is 6.77. The first-order valence-electron chi connectivity index (χ1n) is 10.5. The molecule has 0 radical (unpaired) electrons. The molecule has 2 aromatic carbocycles. The topological polar surface area (TPSA) is 54.5 Å². The molecular formula is C24H27N3O2S. The van der Waals surface area contributed by atoms with Gasteiger partial charge in [-0.2, -0.15) is 0 Å². The van der Waals surface area contributed by atoms with Gasteiger partial charge >= 0.3 is 0 Å². The summed E-state index contributed by atoms with van der Waals surface area (Å²) in [7, 11) is 0. The molecule has 1 aliphatic heterocycles. The molecule has 4 rings (SSSR count). The largest absolute Gasteiger partial charge is 0.494 e. The van der Waals surface area contributed by atoms with Gasteiger partial charge in [0.2, 0.25) is 0 Å². The molecular weight excluding hydrogens is 394 g/mol. The van der Waals surface area contributed by atoms with Gasteiger partial charge in [0.25, 0.3) is 5.91 Å². The molecule has 1 amide bonds. The molecule has 1 aliphatic rings. The summed E-state index contributed by atoms with van der Waals surface area (Å²) in [4.78, 5) is 19.5. The lowest BCUT2D eigenvalue weighted by molar-refractivity contribution is 0.102. The highest BCUT2D eigenvalue weighted by Crippen LogP contribution is 2.23. The predicted octanol–water partition coefficient (Wildman–Crippen LogP) is 5.13. The lowest BCUT2D eigenvalue weighted by Crippen LogP contribution is -2.30. The monoisotopic (exact) mass is 421 g/mol. The number of amides is 1. The van der Waals surface area contributed by atoms with Gasteiger partial charge in [0.1, 0.15) is 5.75 Å². The number of anilines is 1. The van der Waals surface area contributed by atoms with Crippen molar-refractivity contribution >= 4 is 22.4 Å². The minimum atomic E-state index is -0.150. The third-order valence-corrected chi connectivity index (χ3v) is 6.06. The maximum Gasteiger partial charge on any atom is 0.257 e. The molecule has 0 fully saturated rings. The maximum absolute atomic E-state index is 12.5. The van der Waals surface area contributed by atoms with Gasteiger partial charge in [-0.3, -0.25) is 15.0 Å². The summed E-state index contributed by atoms with van der Waals surface area (Å²) in [5, 5.41) is 5.58. The molecule has 0 saturated heterocycles. The van der Waals surface area contributed by atoms with Gasteiger partial charge in [-0.1, -0.05) is 37.6 Å². The Bertz CT molecular complexity index is 984. The van der Waals surface area contributed by atoms with Gasteiger partial charge < -0.3 is 4.74 Å². The number of nitrogens with one attached hydrogen (secondary N) is 1. The van der Waals surface area contributed by atoms with Gasteiger partial charge in [-0.25, -0.2) is 4.98 Å². The summed E-state index contributed by atoms with van der Waals surface area (Å²) in [6.07, 6.45) is 3.20. The Labute approximate surface area is 181 Å². The number of aromatic nitrogens is 1. The standard InChI is InChI=1S/C24H27N3O2S/c1-2-3-14-29-22-10-8-19(9-11-22)23(28)26-24-25-21(17-30-24)16-27-13-12-18-6-4-5-7-20(18)15-27/h4-11,17H,2-3,12-16H2,1H3,(H,25,26,28). The van der Waals surface area contributed by atoms with Crippen LogP contribution in [0.5, 0.6) is 5.75 Å². The number of unbranched alkanes of at least 4 members (excludes halogenated alkanes) is 1. The van der Waals surface area contributed by atoms with Crippen molar-refractivity contribution in [3.8, 4) is 5.75 Å². The first-order valence-corrected chi connectivity index (χ1v) is 11.4. The first kappa shape index (κ1) is 20.6. The molecule has 0 unspecified atom stereocenters. The van der Waals surface area contributed by atoms with Crippen LogP contribution >= 0.6 is 11.3 Å². The van der Waals surface area contributed by atoms with Gasteiger partial charge in [0, 0.05) is 30.6 Å². The second kappa shape index (κ2) is 9.87. The third-order valence-electron chi connectivity index (χ3n) is 5.25. The second-order valence-corrected chi connectivity index (χ2v) is 8.41. The fourth-order valence-electron chi connectivity index (χ4n) is 3.56. The second-order valence-electron chi connectivity index (χ2n) is 7.55. The first-order chi connectivity index (χ1) is 14.7. The number of ether oxygens (including phenoxy) is 1. The zero-order valence-electron chi connectivity index (χ0n) is 17.3. The average molecular weight is 422 g/mol. The number of carbonyl (C=O) groups is 1. The third kappa shape index (κ3) is 5.26. The van der Waals surface area contributed by atoms with E-state index in [1.807, 2.05) is 17.5 Å². The lowest BCUT2D eigenvalue weighted by atomic mass is 10.00. The van der Waals surface area contributed by atoms with E-state index in [1.165, 1.54) is 22.5 Å². The van der Waals surface area contributed by atoms with E-state index >= 15 is 0 Å². The number of fused-ring (bicyclic) bond motifs is 1. The van der Waals surface area contributed by atoms with E-state index in [0.717, 1.165) is 50.3 Å². The van der Waals surface area contributed by atoms with E-state index in [9.17, 15) is 4.79 Å². The molecule has 3 aromatic rings. The number of hydrogen-bond donors (Lipinski definition) is 1. The SMILES string of the molecule is CCCCOc1ccc(C(=O)Nc2nc(CN3CCc4ccccc4C3)cs2)cc1. The van der Waals surface area contributed by atoms with Crippen LogP contribution in [0.25, 0.3) is 0 Å². The van der Waals surface area contributed by atoms with Crippen molar-refractivity contribution in [2.45, 2.75) is 39.3 Å². The van der Waals surface area contributed by atoms with Gasteiger partial charge in [0.15, 0.2) is 5.13 Å². The van der Waals surface area contributed by atoms with Crippen molar-refractivity contribution in [2.24, 2.45) is 0 Å².